The van der Waals surface area contributed by atoms with Gasteiger partial charge in [0.15, 0.2) is 5.96 Å². The molecule has 3 N–H and O–H groups in total. The Balaban J connectivity index is 2.31. The average molecular weight is 199 g/mol. The van der Waals surface area contributed by atoms with E-state index >= 15 is 0 Å². The Morgan fingerprint density at radius 1 is 1.71 bits per heavy atom. The summed E-state index contributed by atoms with van der Waals surface area (Å²) in [6, 6.07) is 0.651. The summed E-state index contributed by atoms with van der Waals surface area (Å²) in [6.07, 6.45) is 0.710. The minimum absolute atomic E-state index is 0.228. The smallest absolute Gasteiger partial charge is 0.191 e. The molecule has 0 aromatic carbocycles. The number of nitrogens with zero attached hydrogens (tertiary/aromatic N) is 1. The molecule has 0 aliphatic carbocycles. The van der Waals surface area contributed by atoms with E-state index in [4.69, 9.17) is 0 Å². The van der Waals surface area contributed by atoms with Crippen LogP contribution >= 0.6 is 0 Å². The van der Waals surface area contributed by atoms with Crippen molar-refractivity contribution in [3.05, 3.63) is 0 Å². The Morgan fingerprint density at radius 2 is 2.36 bits per heavy atom. The van der Waals surface area contributed by atoms with Gasteiger partial charge in [-0.05, 0) is 34.1 Å². The summed E-state index contributed by atoms with van der Waals surface area (Å²) < 4.78 is 0. The van der Waals surface area contributed by atoms with Crippen molar-refractivity contribution < 1.29 is 5.11 Å². The molecule has 0 fully saturated rings. The van der Waals surface area contributed by atoms with Gasteiger partial charge in [-0.3, -0.25) is 4.99 Å². The van der Waals surface area contributed by atoms with Crippen LogP contribution in [-0.2, 0) is 0 Å². The van der Waals surface area contributed by atoms with Crippen molar-refractivity contribution in [2.45, 2.75) is 51.8 Å². The van der Waals surface area contributed by atoms with Crippen molar-refractivity contribution >= 4 is 5.96 Å². The molecule has 14 heavy (non-hydrogen) atoms. The first-order valence-electron chi connectivity index (χ1n) is 5.17. The molecule has 0 amide bonds. The lowest BCUT2D eigenvalue weighted by Crippen LogP contribution is -2.44. The summed E-state index contributed by atoms with van der Waals surface area (Å²) in [4.78, 5) is 4.30. The largest absolute Gasteiger partial charge is 0.390 e. The minimum atomic E-state index is -0.628. The molecule has 4 nitrogen and oxygen atoms in total. The van der Waals surface area contributed by atoms with Crippen LogP contribution < -0.4 is 10.6 Å². The van der Waals surface area contributed by atoms with Crippen molar-refractivity contribution in [2.24, 2.45) is 4.99 Å². The summed E-state index contributed by atoms with van der Waals surface area (Å²) in [5, 5.41) is 16.1. The second-order valence-electron chi connectivity index (χ2n) is 4.80. The van der Waals surface area contributed by atoms with E-state index in [0.29, 0.717) is 12.5 Å². The summed E-state index contributed by atoms with van der Waals surface area (Å²) in [5.74, 6) is 0.856. The number of guanidine groups is 1. The summed E-state index contributed by atoms with van der Waals surface area (Å²) in [7, 11) is 0. The molecule has 0 spiro atoms. The molecule has 2 unspecified atom stereocenters. The number of aliphatic hydroxyl groups is 1. The van der Waals surface area contributed by atoms with Crippen molar-refractivity contribution in [1.82, 2.24) is 10.6 Å². The third-order valence-corrected chi connectivity index (χ3v) is 2.10. The maximum atomic E-state index is 9.61. The Bertz CT molecular complexity index is 220. The second kappa shape index (κ2) is 4.17. The van der Waals surface area contributed by atoms with Crippen molar-refractivity contribution in [2.75, 3.05) is 6.54 Å². The van der Waals surface area contributed by atoms with Crippen molar-refractivity contribution in [1.29, 1.82) is 0 Å². The Labute approximate surface area is 85.8 Å². The summed E-state index contributed by atoms with van der Waals surface area (Å²) >= 11 is 0. The number of hydrogen-bond acceptors (Lipinski definition) is 4. The van der Waals surface area contributed by atoms with E-state index < -0.39 is 5.60 Å². The van der Waals surface area contributed by atoms with Gasteiger partial charge < -0.3 is 15.7 Å². The predicted octanol–water partition coefficient (Wildman–Crippen LogP) is 0.473. The molecular weight excluding hydrogens is 178 g/mol. The molecule has 0 aromatic heterocycles. The van der Waals surface area contributed by atoms with E-state index in [2.05, 4.69) is 22.5 Å². The van der Waals surface area contributed by atoms with Crippen LogP contribution in [0.25, 0.3) is 0 Å². The third-order valence-electron chi connectivity index (χ3n) is 2.10. The first-order chi connectivity index (χ1) is 6.37. The lowest BCUT2D eigenvalue weighted by molar-refractivity contribution is 0.0634. The standard InChI is InChI=1S/C10H21N3O/c1-7(5-10(3,4)14)12-9-11-6-8(2)13-9/h7-8,14H,5-6H2,1-4H3,(H2,11,12,13). The van der Waals surface area contributed by atoms with Gasteiger partial charge in [0.2, 0.25) is 0 Å². The lowest BCUT2D eigenvalue weighted by atomic mass is 10.0. The fourth-order valence-corrected chi connectivity index (χ4v) is 1.67. The van der Waals surface area contributed by atoms with Crippen LogP contribution in [-0.4, -0.2) is 35.3 Å². The fraction of sp³-hybridized carbons (Fsp3) is 0.900. The predicted molar refractivity (Wildman–Crippen MR) is 58.4 cm³/mol. The molecule has 0 bridgehead atoms. The van der Waals surface area contributed by atoms with Gasteiger partial charge in [0.1, 0.15) is 0 Å². The quantitative estimate of drug-likeness (QED) is 0.619. The van der Waals surface area contributed by atoms with Crippen LogP contribution in [0, 0.1) is 0 Å². The van der Waals surface area contributed by atoms with Crippen LogP contribution in [0.4, 0.5) is 0 Å². The zero-order valence-corrected chi connectivity index (χ0v) is 9.46. The first kappa shape index (κ1) is 11.3. The van der Waals surface area contributed by atoms with E-state index in [1.165, 1.54) is 0 Å². The molecule has 4 heteroatoms. The van der Waals surface area contributed by atoms with Crippen LogP contribution in [0.1, 0.15) is 34.1 Å². The molecule has 2 atom stereocenters. The molecule has 82 valence electrons. The highest BCUT2D eigenvalue weighted by Crippen LogP contribution is 2.10. The average Bonchev–Trinajstić information content (AvgIpc) is 2.30. The van der Waals surface area contributed by atoms with Gasteiger partial charge in [0.25, 0.3) is 0 Å². The normalized spacial score (nSPS) is 24.1. The zero-order chi connectivity index (χ0) is 10.8. The molecule has 1 aliphatic heterocycles. The maximum absolute atomic E-state index is 9.61. The van der Waals surface area contributed by atoms with Gasteiger partial charge >= 0.3 is 0 Å². The van der Waals surface area contributed by atoms with E-state index in [-0.39, 0.29) is 6.04 Å². The number of rotatable bonds is 3. The number of aliphatic imine (C=N–C) groups is 1. The maximum Gasteiger partial charge on any atom is 0.191 e. The van der Waals surface area contributed by atoms with E-state index in [1.54, 1.807) is 0 Å². The van der Waals surface area contributed by atoms with Gasteiger partial charge in [0.05, 0.1) is 12.1 Å². The molecule has 1 aliphatic rings. The topological polar surface area (TPSA) is 56.7 Å². The van der Waals surface area contributed by atoms with Gasteiger partial charge in [-0.15, -0.1) is 0 Å². The molecule has 1 heterocycles. The van der Waals surface area contributed by atoms with Crippen LogP contribution in [0.5, 0.6) is 0 Å². The molecule has 0 saturated heterocycles. The van der Waals surface area contributed by atoms with Gasteiger partial charge in [-0.25, -0.2) is 0 Å². The van der Waals surface area contributed by atoms with Crippen LogP contribution in [0.2, 0.25) is 0 Å². The van der Waals surface area contributed by atoms with Gasteiger partial charge in [-0.2, -0.15) is 0 Å². The minimum Gasteiger partial charge on any atom is -0.390 e. The third kappa shape index (κ3) is 3.96. The van der Waals surface area contributed by atoms with Crippen molar-refractivity contribution in [3.8, 4) is 0 Å². The zero-order valence-electron chi connectivity index (χ0n) is 9.46. The monoisotopic (exact) mass is 199 g/mol. The SMILES string of the molecule is CC1CN=C(NC(C)CC(C)(C)O)N1. The molecular formula is C10H21N3O. The Morgan fingerprint density at radius 3 is 2.79 bits per heavy atom. The van der Waals surface area contributed by atoms with Crippen LogP contribution in [0.3, 0.4) is 0 Å². The van der Waals surface area contributed by atoms with E-state index in [9.17, 15) is 5.11 Å². The molecule has 0 radical (unpaired) electrons. The highest BCUT2D eigenvalue weighted by Gasteiger charge is 2.19. The molecule has 1 rings (SSSR count). The van der Waals surface area contributed by atoms with Gasteiger partial charge in [0, 0.05) is 12.1 Å². The van der Waals surface area contributed by atoms with Gasteiger partial charge in [-0.1, -0.05) is 0 Å². The van der Waals surface area contributed by atoms with Crippen LogP contribution in [0.15, 0.2) is 4.99 Å². The Kier molecular flexibility index (Phi) is 3.37. The second-order valence-corrected chi connectivity index (χ2v) is 4.80. The van der Waals surface area contributed by atoms with E-state index in [1.807, 2.05) is 20.8 Å². The highest BCUT2D eigenvalue weighted by molar-refractivity contribution is 5.81. The molecule has 0 saturated carbocycles. The molecule has 0 aromatic rings. The highest BCUT2D eigenvalue weighted by atomic mass is 16.3. The summed E-state index contributed by atoms with van der Waals surface area (Å²) in [5.41, 5.74) is -0.628. The van der Waals surface area contributed by atoms with E-state index in [0.717, 1.165) is 12.5 Å². The lowest BCUT2D eigenvalue weighted by Gasteiger charge is -2.23. The fourth-order valence-electron chi connectivity index (χ4n) is 1.67. The first-order valence-corrected chi connectivity index (χ1v) is 5.17. The number of nitrogens with one attached hydrogen (secondary N) is 2. The van der Waals surface area contributed by atoms with Crippen molar-refractivity contribution in [3.63, 3.8) is 0 Å². The Hall–Kier alpha value is -0.770. The number of hydrogen-bond donors (Lipinski definition) is 3. The summed E-state index contributed by atoms with van der Waals surface area (Å²) in [6.45, 7) is 8.61.